The monoisotopic (exact) mass is 304 g/mol. The lowest BCUT2D eigenvalue weighted by molar-refractivity contribution is 0.100. The molecule has 0 fully saturated rings. The summed E-state index contributed by atoms with van der Waals surface area (Å²) in [4.78, 5) is 11.2. The van der Waals surface area contributed by atoms with Crippen molar-refractivity contribution in [2.24, 2.45) is 5.73 Å². The summed E-state index contributed by atoms with van der Waals surface area (Å²) < 4.78 is 5.39. The summed E-state index contributed by atoms with van der Waals surface area (Å²) in [7, 11) is 0. The number of benzene rings is 2. The number of carbonyl (C=O) groups is 1. The Kier molecular flexibility index (Phi) is 5.06. The molecular formula is C16H17ClN2O2. The standard InChI is InChI=1S/C16H17ClN2O2/c1-2-21-13-6-3-11(4-7-13)10-19-12-5-8-15(17)14(9-12)16(18)20/h3-9,19H,2,10H2,1H3,(H2,18,20). The minimum absolute atomic E-state index is 0.313. The number of anilines is 1. The Hall–Kier alpha value is -2.20. The highest BCUT2D eigenvalue weighted by Crippen LogP contribution is 2.21. The average molecular weight is 305 g/mol. The van der Waals surface area contributed by atoms with E-state index in [2.05, 4.69) is 5.32 Å². The minimum atomic E-state index is -0.537. The number of ether oxygens (including phenoxy) is 1. The molecule has 0 atom stereocenters. The van der Waals surface area contributed by atoms with Gasteiger partial charge in [-0.25, -0.2) is 0 Å². The number of rotatable bonds is 6. The molecule has 2 aromatic carbocycles. The quantitative estimate of drug-likeness (QED) is 0.859. The summed E-state index contributed by atoms with van der Waals surface area (Å²) in [5.41, 5.74) is 7.48. The van der Waals surface area contributed by atoms with Gasteiger partial charge in [0.05, 0.1) is 17.2 Å². The zero-order valence-corrected chi connectivity index (χ0v) is 12.5. The van der Waals surface area contributed by atoms with Crippen molar-refractivity contribution in [3.05, 3.63) is 58.6 Å². The van der Waals surface area contributed by atoms with E-state index in [-0.39, 0.29) is 0 Å². The van der Waals surface area contributed by atoms with Crippen LogP contribution in [0.2, 0.25) is 5.02 Å². The van der Waals surface area contributed by atoms with Crippen molar-refractivity contribution in [1.82, 2.24) is 0 Å². The molecule has 2 rings (SSSR count). The van der Waals surface area contributed by atoms with E-state index in [4.69, 9.17) is 22.1 Å². The van der Waals surface area contributed by atoms with Crippen LogP contribution < -0.4 is 15.8 Å². The molecule has 5 heteroatoms. The predicted molar refractivity (Wildman–Crippen MR) is 84.9 cm³/mol. The highest BCUT2D eigenvalue weighted by Gasteiger charge is 2.07. The molecule has 110 valence electrons. The smallest absolute Gasteiger partial charge is 0.250 e. The lowest BCUT2D eigenvalue weighted by Gasteiger charge is -2.09. The second-order valence-corrected chi connectivity index (χ2v) is 4.90. The zero-order valence-electron chi connectivity index (χ0n) is 11.7. The Bertz CT molecular complexity index is 627. The van der Waals surface area contributed by atoms with Crippen molar-refractivity contribution in [2.45, 2.75) is 13.5 Å². The first-order valence-corrected chi connectivity index (χ1v) is 7.03. The Morgan fingerprint density at radius 2 is 1.95 bits per heavy atom. The van der Waals surface area contributed by atoms with Gasteiger partial charge in [0.25, 0.3) is 0 Å². The predicted octanol–water partition coefficient (Wildman–Crippen LogP) is 3.45. The number of nitrogens with two attached hydrogens (primary N) is 1. The molecule has 0 spiro atoms. The second kappa shape index (κ2) is 6.99. The molecule has 0 heterocycles. The van der Waals surface area contributed by atoms with Crippen molar-refractivity contribution in [1.29, 1.82) is 0 Å². The van der Waals surface area contributed by atoms with Crippen LogP contribution in [0.25, 0.3) is 0 Å². The summed E-state index contributed by atoms with van der Waals surface area (Å²) in [6, 6.07) is 12.9. The fourth-order valence-electron chi connectivity index (χ4n) is 1.90. The number of nitrogens with one attached hydrogen (secondary N) is 1. The van der Waals surface area contributed by atoms with Crippen molar-refractivity contribution in [2.75, 3.05) is 11.9 Å². The fourth-order valence-corrected chi connectivity index (χ4v) is 2.11. The van der Waals surface area contributed by atoms with Crippen LogP contribution in [0, 0.1) is 0 Å². The van der Waals surface area contributed by atoms with E-state index in [0.29, 0.717) is 23.7 Å². The van der Waals surface area contributed by atoms with E-state index in [0.717, 1.165) is 17.0 Å². The Morgan fingerprint density at radius 3 is 2.57 bits per heavy atom. The van der Waals surface area contributed by atoms with Gasteiger partial charge in [0.15, 0.2) is 0 Å². The van der Waals surface area contributed by atoms with Crippen molar-refractivity contribution in [3.63, 3.8) is 0 Å². The third-order valence-corrected chi connectivity index (χ3v) is 3.29. The van der Waals surface area contributed by atoms with Crippen molar-refractivity contribution in [3.8, 4) is 5.75 Å². The van der Waals surface area contributed by atoms with Gasteiger partial charge in [0, 0.05) is 12.2 Å². The van der Waals surface area contributed by atoms with Gasteiger partial charge < -0.3 is 15.8 Å². The molecule has 0 aromatic heterocycles. The lowest BCUT2D eigenvalue weighted by Crippen LogP contribution is -2.12. The molecule has 0 bridgehead atoms. The van der Waals surface area contributed by atoms with Crippen molar-refractivity contribution < 1.29 is 9.53 Å². The van der Waals surface area contributed by atoms with Gasteiger partial charge in [-0.1, -0.05) is 23.7 Å². The molecule has 0 unspecified atom stereocenters. The van der Waals surface area contributed by atoms with Crippen LogP contribution in [0.4, 0.5) is 5.69 Å². The minimum Gasteiger partial charge on any atom is -0.494 e. The van der Waals surface area contributed by atoms with E-state index in [1.165, 1.54) is 0 Å². The lowest BCUT2D eigenvalue weighted by atomic mass is 10.1. The fraction of sp³-hybridized carbons (Fsp3) is 0.188. The number of carbonyl (C=O) groups excluding carboxylic acids is 1. The summed E-state index contributed by atoms with van der Waals surface area (Å²) in [5, 5.41) is 3.58. The molecular weight excluding hydrogens is 288 g/mol. The average Bonchev–Trinajstić information content (AvgIpc) is 2.48. The molecule has 0 aliphatic rings. The molecule has 0 saturated heterocycles. The number of halogens is 1. The molecule has 2 aromatic rings. The van der Waals surface area contributed by atoms with Crippen LogP contribution in [0.15, 0.2) is 42.5 Å². The molecule has 0 aliphatic carbocycles. The third-order valence-electron chi connectivity index (χ3n) is 2.96. The van der Waals surface area contributed by atoms with Crippen LogP contribution in [-0.2, 0) is 6.54 Å². The largest absolute Gasteiger partial charge is 0.494 e. The first-order valence-electron chi connectivity index (χ1n) is 6.65. The summed E-state index contributed by atoms with van der Waals surface area (Å²) in [6.07, 6.45) is 0. The highest BCUT2D eigenvalue weighted by atomic mass is 35.5. The van der Waals surface area contributed by atoms with Crippen LogP contribution >= 0.6 is 11.6 Å². The van der Waals surface area contributed by atoms with Gasteiger partial charge in [-0.3, -0.25) is 4.79 Å². The van der Waals surface area contributed by atoms with Gasteiger partial charge in [-0.2, -0.15) is 0 Å². The van der Waals surface area contributed by atoms with E-state index in [1.807, 2.05) is 37.3 Å². The van der Waals surface area contributed by atoms with Gasteiger partial charge in [-0.05, 0) is 42.8 Å². The van der Waals surface area contributed by atoms with Crippen LogP contribution in [0.1, 0.15) is 22.8 Å². The maximum absolute atomic E-state index is 11.2. The second-order valence-electron chi connectivity index (χ2n) is 4.49. The summed E-state index contributed by atoms with van der Waals surface area (Å²) in [6.45, 7) is 3.23. The molecule has 0 saturated carbocycles. The van der Waals surface area contributed by atoms with Crippen molar-refractivity contribution >= 4 is 23.2 Å². The molecule has 4 nitrogen and oxygen atoms in total. The van der Waals surface area contributed by atoms with Gasteiger partial charge >= 0.3 is 0 Å². The summed E-state index contributed by atoms with van der Waals surface area (Å²) in [5.74, 6) is 0.313. The molecule has 0 aliphatic heterocycles. The van der Waals surface area contributed by atoms with Gasteiger partial charge in [-0.15, -0.1) is 0 Å². The third kappa shape index (κ3) is 4.13. The van der Waals surface area contributed by atoms with Crippen LogP contribution in [0.3, 0.4) is 0 Å². The van der Waals surface area contributed by atoms with Gasteiger partial charge in [0.2, 0.25) is 5.91 Å². The zero-order chi connectivity index (χ0) is 15.2. The Labute approximate surface area is 128 Å². The maximum Gasteiger partial charge on any atom is 0.250 e. The van der Waals surface area contributed by atoms with E-state index in [9.17, 15) is 4.79 Å². The van der Waals surface area contributed by atoms with Crippen LogP contribution in [0.5, 0.6) is 5.75 Å². The molecule has 0 radical (unpaired) electrons. The summed E-state index contributed by atoms with van der Waals surface area (Å²) >= 11 is 5.91. The highest BCUT2D eigenvalue weighted by molar-refractivity contribution is 6.33. The Morgan fingerprint density at radius 1 is 1.24 bits per heavy atom. The molecule has 1 amide bonds. The number of hydrogen-bond donors (Lipinski definition) is 2. The maximum atomic E-state index is 11.2. The van der Waals surface area contributed by atoms with E-state index in [1.54, 1.807) is 12.1 Å². The molecule has 21 heavy (non-hydrogen) atoms. The van der Waals surface area contributed by atoms with Gasteiger partial charge in [0.1, 0.15) is 5.75 Å². The SMILES string of the molecule is CCOc1ccc(CNc2ccc(Cl)c(C(N)=O)c2)cc1. The van der Waals surface area contributed by atoms with E-state index < -0.39 is 5.91 Å². The number of amides is 1. The molecule has 3 N–H and O–H groups in total. The van der Waals surface area contributed by atoms with Crippen LogP contribution in [-0.4, -0.2) is 12.5 Å². The Balaban J connectivity index is 2.02. The first kappa shape index (κ1) is 15.2. The first-order chi connectivity index (χ1) is 10.1. The van der Waals surface area contributed by atoms with E-state index >= 15 is 0 Å². The normalized spacial score (nSPS) is 10.2. The topological polar surface area (TPSA) is 64.3 Å². The number of hydrogen-bond acceptors (Lipinski definition) is 3. The number of primary amides is 1.